The standard InChI is InChI=1S/C22H26N2O5S/c25-22(16-5-2-1-3-6-16)23-17-7-9-18(10-8-17)24-30(26,27)19-11-12-20-21(15-19)29-14-4-13-28-20/h7-12,15-16,24H,1-6,13-14H2,(H,23,25). The molecule has 2 aliphatic rings. The minimum atomic E-state index is -3.78. The molecule has 0 aromatic heterocycles. The smallest absolute Gasteiger partial charge is 0.262 e. The summed E-state index contributed by atoms with van der Waals surface area (Å²) in [6.07, 6.45) is 6.00. The first-order valence-corrected chi connectivity index (χ1v) is 11.8. The van der Waals surface area contributed by atoms with Gasteiger partial charge in [0.05, 0.1) is 18.1 Å². The molecule has 1 fully saturated rings. The van der Waals surface area contributed by atoms with Crippen molar-refractivity contribution in [3.63, 3.8) is 0 Å². The number of nitrogens with one attached hydrogen (secondary N) is 2. The van der Waals surface area contributed by atoms with Crippen molar-refractivity contribution in [3.8, 4) is 11.5 Å². The van der Waals surface area contributed by atoms with Gasteiger partial charge in [0.25, 0.3) is 10.0 Å². The lowest BCUT2D eigenvalue weighted by molar-refractivity contribution is -0.120. The molecule has 1 aliphatic heterocycles. The Morgan fingerprint density at radius 3 is 2.23 bits per heavy atom. The number of amides is 1. The van der Waals surface area contributed by atoms with E-state index in [1.165, 1.54) is 18.6 Å². The van der Waals surface area contributed by atoms with Gasteiger partial charge in [-0.15, -0.1) is 0 Å². The van der Waals surface area contributed by atoms with Crippen LogP contribution in [0.1, 0.15) is 38.5 Å². The number of benzene rings is 2. The summed E-state index contributed by atoms with van der Waals surface area (Å²) in [5.41, 5.74) is 1.07. The average molecular weight is 431 g/mol. The maximum absolute atomic E-state index is 12.8. The second kappa shape index (κ2) is 8.95. The third-order valence-corrected chi connectivity index (χ3v) is 6.79. The monoisotopic (exact) mass is 430 g/mol. The van der Waals surface area contributed by atoms with Crippen LogP contribution in [0, 0.1) is 5.92 Å². The maximum Gasteiger partial charge on any atom is 0.262 e. The molecule has 1 heterocycles. The molecule has 1 saturated carbocycles. The maximum atomic E-state index is 12.8. The van der Waals surface area contributed by atoms with Crippen LogP contribution in [0.4, 0.5) is 11.4 Å². The van der Waals surface area contributed by atoms with Crippen LogP contribution >= 0.6 is 0 Å². The van der Waals surface area contributed by atoms with Crippen LogP contribution in [0.3, 0.4) is 0 Å². The van der Waals surface area contributed by atoms with Gasteiger partial charge >= 0.3 is 0 Å². The van der Waals surface area contributed by atoms with E-state index in [0.717, 1.165) is 32.1 Å². The van der Waals surface area contributed by atoms with E-state index < -0.39 is 10.0 Å². The van der Waals surface area contributed by atoms with Crippen LogP contribution in [0.5, 0.6) is 11.5 Å². The van der Waals surface area contributed by atoms with Crippen LogP contribution in [-0.4, -0.2) is 27.5 Å². The van der Waals surface area contributed by atoms with Crippen LogP contribution < -0.4 is 19.5 Å². The van der Waals surface area contributed by atoms with E-state index in [1.54, 1.807) is 30.3 Å². The van der Waals surface area contributed by atoms with Gasteiger partial charge in [-0.1, -0.05) is 19.3 Å². The molecule has 0 spiro atoms. The molecule has 1 aliphatic carbocycles. The van der Waals surface area contributed by atoms with Crippen LogP contribution in [0.25, 0.3) is 0 Å². The predicted octanol–water partition coefficient (Wildman–Crippen LogP) is 4.17. The molecule has 30 heavy (non-hydrogen) atoms. The third kappa shape index (κ3) is 4.87. The molecule has 2 N–H and O–H groups in total. The molecular formula is C22H26N2O5S. The molecule has 1 amide bonds. The number of rotatable bonds is 5. The molecule has 0 radical (unpaired) electrons. The number of fused-ring (bicyclic) bond motifs is 1. The summed E-state index contributed by atoms with van der Waals surface area (Å²) in [6.45, 7) is 1.03. The Labute approximate surface area is 176 Å². The van der Waals surface area contributed by atoms with Gasteiger partial charge in [0.15, 0.2) is 11.5 Å². The number of hydrogen-bond acceptors (Lipinski definition) is 5. The molecule has 0 bridgehead atoms. The Bertz CT molecular complexity index is 999. The van der Waals surface area contributed by atoms with Crippen molar-refractivity contribution < 1.29 is 22.7 Å². The second-order valence-electron chi connectivity index (χ2n) is 7.67. The normalized spacial score (nSPS) is 17.1. The summed E-state index contributed by atoms with van der Waals surface area (Å²) in [5.74, 6) is 1.08. The Hall–Kier alpha value is -2.74. The molecule has 160 valence electrons. The predicted molar refractivity (Wildman–Crippen MR) is 115 cm³/mol. The van der Waals surface area contributed by atoms with Crippen molar-refractivity contribution in [2.45, 2.75) is 43.4 Å². The lowest BCUT2D eigenvalue weighted by Crippen LogP contribution is -2.24. The van der Waals surface area contributed by atoms with Crippen molar-refractivity contribution in [3.05, 3.63) is 42.5 Å². The average Bonchev–Trinajstić information content (AvgIpc) is 3.00. The lowest BCUT2D eigenvalue weighted by Gasteiger charge is -2.20. The summed E-state index contributed by atoms with van der Waals surface area (Å²) in [5, 5.41) is 2.93. The zero-order valence-corrected chi connectivity index (χ0v) is 17.5. The SMILES string of the molecule is O=C(Nc1ccc(NS(=O)(=O)c2ccc3c(c2)OCCCO3)cc1)C1CCCCC1. The fourth-order valence-corrected chi connectivity index (χ4v) is 4.83. The van der Waals surface area contributed by atoms with Crippen LogP contribution in [0.2, 0.25) is 0 Å². The minimum absolute atomic E-state index is 0.0372. The summed E-state index contributed by atoms with van der Waals surface area (Å²) in [6, 6.07) is 11.3. The molecule has 7 nitrogen and oxygen atoms in total. The number of anilines is 2. The largest absolute Gasteiger partial charge is 0.490 e. The van der Waals surface area contributed by atoms with Crippen molar-refractivity contribution in [1.29, 1.82) is 0 Å². The molecule has 0 saturated heterocycles. The summed E-state index contributed by atoms with van der Waals surface area (Å²) < 4.78 is 39.2. The number of hydrogen-bond donors (Lipinski definition) is 2. The van der Waals surface area contributed by atoms with E-state index in [2.05, 4.69) is 10.0 Å². The van der Waals surface area contributed by atoms with Crippen molar-refractivity contribution in [2.75, 3.05) is 23.3 Å². The first-order valence-electron chi connectivity index (χ1n) is 10.3. The Kier molecular flexibility index (Phi) is 6.13. The van der Waals surface area contributed by atoms with Crippen LogP contribution in [0.15, 0.2) is 47.4 Å². The lowest BCUT2D eigenvalue weighted by atomic mass is 9.88. The number of ether oxygens (including phenoxy) is 2. The van der Waals surface area contributed by atoms with Gasteiger partial charge in [0.2, 0.25) is 5.91 Å². The highest BCUT2D eigenvalue weighted by Gasteiger charge is 2.21. The van der Waals surface area contributed by atoms with Gasteiger partial charge in [-0.2, -0.15) is 0 Å². The molecule has 8 heteroatoms. The van der Waals surface area contributed by atoms with Gasteiger partial charge < -0.3 is 14.8 Å². The Balaban J connectivity index is 1.42. The topological polar surface area (TPSA) is 93.7 Å². The molecular weight excluding hydrogens is 404 g/mol. The highest BCUT2D eigenvalue weighted by molar-refractivity contribution is 7.92. The zero-order valence-electron chi connectivity index (χ0n) is 16.7. The van der Waals surface area contributed by atoms with E-state index in [-0.39, 0.29) is 16.7 Å². The molecule has 2 aromatic rings. The van der Waals surface area contributed by atoms with E-state index in [1.807, 2.05) is 0 Å². The minimum Gasteiger partial charge on any atom is -0.490 e. The first kappa shape index (κ1) is 20.5. The highest BCUT2D eigenvalue weighted by atomic mass is 32.2. The number of carbonyl (C=O) groups excluding carboxylic acids is 1. The van der Waals surface area contributed by atoms with Gasteiger partial charge in [-0.25, -0.2) is 8.42 Å². The summed E-state index contributed by atoms with van der Waals surface area (Å²) >= 11 is 0. The van der Waals surface area contributed by atoms with Crippen LogP contribution in [-0.2, 0) is 14.8 Å². The molecule has 4 rings (SSSR count). The van der Waals surface area contributed by atoms with Crippen molar-refractivity contribution in [1.82, 2.24) is 0 Å². The second-order valence-corrected chi connectivity index (χ2v) is 9.35. The highest BCUT2D eigenvalue weighted by Crippen LogP contribution is 2.32. The Morgan fingerprint density at radius 2 is 1.50 bits per heavy atom. The first-order chi connectivity index (χ1) is 14.5. The molecule has 0 atom stereocenters. The summed E-state index contributed by atoms with van der Waals surface area (Å²) in [7, 11) is -3.78. The van der Waals surface area contributed by atoms with Gasteiger partial charge in [-0.05, 0) is 49.2 Å². The fraction of sp³-hybridized carbons (Fsp3) is 0.409. The number of carbonyl (C=O) groups is 1. The van der Waals surface area contributed by atoms with Gasteiger partial charge in [-0.3, -0.25) is 9.52 Å². The van der Waals surface area contributed by atoms with Crippen molar-refractivity contribution >= 4 is 27.3 Å². The number of sulfonamides is 1. The fourth-order valence-electron chi connectivity index (χ4n) is 3.76. The van der Waals surface area contributed by atoms with E-state index in [9.17, 15) is 13.2 Å². The zero-order chi connectivity index (χ0) is 21.0. The molecule has 2 aromatic carbocycles. The van der Waals surface area contributed by atoms with E-state index >= 15 is 0 Å². The molecule has 0 unspecified atom stereocenters. The quantitative estimate of drug-likeness (QED) is 0.743. The van der Waals surface area contributed by atoms with Gasteiger partial charge in [0.1, 0.15) is 0 Å². The van der Waals surface area contributed by atoms with Crippen molar-refractivity contribution in [2.24, 2.45) is 5.92 Å². The van der Waals surface area contributed by atoms with Gasteiger partial charge in [0, 0.05) is 29.8 Å². The Morgan fingerprint density at radius 1 is 0.833 bits per heavy atom. The van der Waals surface area contributed by atoms with E-state index in [4.69, 9.17) is 9.47 Å². The summed E-state index contributed by atoms with van der Waals surface area (Å²) in [4.78, 5) is 12.5. The van der Waals surface area contributed by atoms with E-state index in [0.29, 0.717) is 36.1 Å². The third-order valence-electron chi connectivity index (χ3n) is 5.41.